The summed E-state index contributed by atoms with van der Waals surface area (Å²) in [5.41, 5.74) is 1.04. The van der Waals surface area contributed by atoms with E-state index in [2.05, 4.69) is 27.1 Å². The van der Waals surface area contributed by atoms with Crippen LogP contribution in [0.1, 0.15) is 18.9 Å². The van der Waals surface area contributed by atoms with Crippen LogP contribution < -0.4 is 5.32 Å². The Morgan fingerprint density at radius 1 is 1.37 bits per heavy atom. The highest BCUT2D eigenvalue weighted by Gasteiger charge is 2.11. The van der Waals surface area contributed by atoms with Crippen LogP contribution in [0.15, 0.2) is 6.33 Å². The van der Waals surface area contributed by atoms with Crippen LogP contribution in [0.3, 0.4) is 0 Å². The second-order valence-electron chi connectivity index (χ2n) is 4.62. The van der Waals surface area contributed by atoms with E-state index < -0.39 is 0 Å². The topological polar surface area (TPSA) is 41.1 Å². The summed E-state index contributed by atoms with van der Waals surface area (Å²) < 4.78 is 0. The molecule has 1 aromatic rings. The minimum Gasteiger partial charge on any atom is -0.368 e. The highest BCUT2D eigenvalue weighted by molar-refractivity contribution is 7.99. The molecule has 0 aliphatic carbocycles. The molecule has 2 heterocycles. The molecule has 6 heteroatoms. The Hall–Kier alpha value is -0.520. The summed E-state index contributed by atoms with van der Waals surface area (Å²) >= 11 is 8.17. The van der Waals surface area contributed by atoms with Gasteiger partial charge in [-0.15, -0.1) is 0 Å². The Labute approximate surface area is 124 Å². The van der Waals surface area contributed by atoms with Crippen molar-refractivity contribution in [3.8, 4) is 0 Å². The zero-order valence-electron chi connectivity index (χ0n) is 11.4. The van der Waals surface area contributed by atoms with Gasteiger partial charge in [0.2, 0.25) is 0 Å². The highest BCUT2D eigenvalue weighted by Crippen LogP contribution is 2.21. The van der Waals surface area contributed by atoms with Crippen LogP contribution in [-0.4, -0.2) is 52.6 Å². The number of anilines is 1. The molecule has 4 nitrogen and oxygen atoms in total. The zero-order valence-corrected chi connectivity index (χ0v) is 12.9. The maximum absolute atomic E-state index is 6.13. The fraction of sp³-hybridized carbons (Fsp3) is 0.692. The Morgan fingerprint density at radius 3 is 2.89 bits per heavy atom. The number of hydrogen-bond acceptors (Lipinski definition) is 5. The summed E-state index contributed by atoms with van der Waals surface area (Å²) in [7, 11) is 0. The van der Waals surface area contributed by atoms with Crippen LogP contribution in [0.2, 0.25) is 5.15 Å². The third-order valence-electron chi connectivity index (χ3n) is 3.22. The number of thioether (sulfide) groups is 1. The first-order chi connectivity index (χ1) is 9.31. The molecule has 1 aromatic heterocycles. The predicted octanol–water partition coefficient (Wildman–Crippen LogP) is 2.54. The maximum atomic E-state index is 6.13. The number of rotatable bonds is 6. The van der Waals surface area contributed by atoms with Crippen molar-refractivity contribution >= 4 is 29.2 Å². The van der Waals surface area contributed by atoms with Crippen molar-refractivity contribution in [1.82, 2.24) is 14.9 Å². The smallest absolute Gasteiger partial charge is 0.137 e. The Bertz CT molecular complexity index is 396. The summed E-state index contributed by atoms with van der Waals surface area (Å²) in [5.74, 6) is 3.40. The molecule has 0 saturated carbocycles. The lowest BCUT2D eigenvalue weighted by atomic mass is 10.2. The molecule has 0 atom stereocenters. The van der Waals surface area contributed by atoms with Crippen LogP contribution in [0.5, 0.6) is 0 Å². The molecule has 1 aliphatic rings. The van der Waals surface area contributed by atoms with Crippen molar-refractivity contribution in [3.63, 3.8) is 0 Å². The van der Waals surface area contributed by atoms with Gasteiger partial charge in [-0.25, -0.2) is 9.97 Å². The number of nitrogens with one attached hydrogen (secondary N) is 1. The zero-order chi connectivity index (χ0) is 13.5. The van der Waals surface area contributed by atoms with Gasteiger partial charge >= 0.3 is 0 Å². The lowest BCUT2D eigenvalue weighted by molar-refractivity contribution is 0.314. The molecule has 1 N–H and O–H groups in total. The molecule has 0 spiro atoms. The van der Waals surface area contributed by atoms with Crippen molar-refractivity contribution in [2.75, 3.05) is 43.0 Å². The molecular weight excluding hydrogens is 280 g/mol. The minimum absolute atomic E-state index is 0.578. The Morgan fingerprint density at radius 2 is 2.16 bits per heavy atom. The third-order valence-corrected chi connectivity index (χ3v) is 4.49. The summed E-state index contributed by atoms with van der Waals surface area (Å²) in [6, 6.07) is 0. The molecule has 0 unspecified atom stereocenters. The highest BCUT2D eigenvalue weighted by atomic mass is 35.5. The monoisotopic (exact) mass is 300 g/mol. The van der Waals surface area contributed by atoms with Crippen LogP contribution in [0.4, 0.5) is 5.82 Å². The first-order valence-electron chi connectivity index (χ1n) is 6.84. The second kappa shape index (κ2) is 7.92. The molecule has 19 heavy (non-hydrogen) atoms. The summed E-state index contributed by atoms with van der Waals surface area (Å²) in [5, 5.41) is 3.98. The molecule has 0 amide bonds. The Kier molecular flexibility index (Phi) is 6.20. The van der Waals surface area contributed by atoms with E-state index >= 15 is 0 Å². The van der Waals surface area contributed by atoms with Gasteiger partial charge < -0.3 is 5.32 Å². The van der Waals surface area contributed by atoms with E-state index in [9.17, 15) is 0 Å². The quantitative estimate of drug-likeness (QED) is 0.818. The van der Waals surface area contributed by atoms with Crippen molar-refractivity contribution < 1.29 is 0 Å². The van der Waals surface area contributed by atoms with Gasteiger partial charge in [-0.1, -0.05) is 24.9 Å². The van der Waals surface area contributed by atoms with E-state index in [4.69, 9.17) is 11.6 Å². The van der Waals surface area contributed by atoms with Crippen LogP contribution in [0, 0.1) is 0 Å². The fourth-order valence-electron chi connectivity index (χ4n) is 2.17. The summed E-state index contributed by atoms with van der Waals surface area (Å²) in [6.45, 7) is 6.50. The van der Waals surface area contributed by atoms with Gasteiger partial charge in [0.25, 0.3) is 0 Å². The second-order valence-corrected chi connectivity index (χ2v) is 6.21. The van der Waals surface area contributed by atoms with Gasteiger partial charge in [-0.05, 0) is 6.42 Å². The van der Waals surface area contributed by atoms with Gasteiger partial charge in [0, 0.05) is 43.2 Å². The normalized spacial score (nSPS) is 16.5. The number of hydrogen-bond donors (Lipinski definition) is 1. The molecular formula is C13H21ClN4S. The SMILES string of the molecule is CCCc1c(Cl)ncnc1NCCN1CCSCC1. The summed E-state index contributed by atoms with van der Waals surface area (Å²) in [6.07, 6.45) is 3.49. The van der Waals surface area contributed by atoms with E-state index in [1.54, 1.807) is 0 Å². The van der Waals surface area contributed by atoms with E-state index in [1.165, 1.54) is 30.9 Å². The van der Waals surface area contributed by atoms with Crippen LogP contribution in [-0.2, 0) is 6.42 Å². The van der Waals surface area contributed by atoms with Crippen molar-refractivity contribution in [2.45, 2.75) is 19.8 Å². The first-order valence-corrected chi connectivity index (χ1v) is 8.38. The standard InChI is InChI=1S/C13H21ClN4S/c1-2-3-11-12(14)16-10-17-13(11)15-4-5-18-6-8-19-9-7-18/h10H,2-9H2,1H3,(H,15,16,17). The van der Waals surface area contributed by atoms with E-state index in [1.807, 2.05) is 11.8 Å². The van der Waals surface area contributed by atoms with E-state index in [0.29, 0.717) is 5.15 Å². The molecule has 106 valence electrons. The molecule has 1 fully saturated rings. The summed E-state index contributed by atoms with van der Waals surface area (Å²) in [4.78, 5) is 10.9. The van der Waals surface area contributed by atoms with Gasteiger partial charge in [-0.3, -0.25) is 4.90 Å². The average molecular weight is 301 g/mol. The van der Waals surface area contributed by atoms with Crippen molar-refractivity contribution in [1.29, 1.82) is 0 Å². The average Bonchev–Trinajstić information content (AvgIpc) is 2.44. The van der Waals surface area contributed by atoms with E-state index in [-0.39, 0.29) is 0 Å². The van der Waals surface area contributed by atoms with E-state index in [0.717, 1.165) is 37.3 Å². The maximum Gasteiger partial charge on any atom is 0.137 e. The lowest BCUT2D eigenvalue weighted by Crippen LogP contribution is -2.36. The first kappa shape index (κ1) is 14.9. The van der Waals surface area contributed by atoms with Crippen LogP contribution in [0.25, 0.3) is 0 Å². The van der Waals surface area contributed by atoms with Gasteiger partial charge in [0.1, 0.15) is 17.3 Å². The third kappa shape index (κ3) is 4.51. The number of aromatic nitrogens is 2. The van der Waals surface area contributed by atoms with Crippen LogP contribution >= 0.6 is 23.4 Å². The van der Waals surface area contributed by atoms with Gasteiger partial charge in [0.05, 0.1) is 0 Å². The lowest BCUT2D eigenvalue weighted by Gasteiger charge is -2.26. The molecule has 0 radical (unpaired) electrons. The molecule has 1 aliphatic heterocycles. The molecule has 1 saturated heterocycles. The minimum atomic E-state index is 0.578. The van der Waals surface area contributed by atoms with Gasteiger partial charge in [-0.2, -0.15) is 11.8 Å². The molecule has 2 rings (SSSR count). The number of nitrogens with zero attached hydrogens (tertiary/aromatic N) is 3. The predicted molar refractivity (Wildman–Crippen MR) is 83.3 cm³/mol. The number of halogens is 1. The molecule has 0 bridgehead atoms. The molecule has 0 aromatic carbocycles. The van der Waals surface area contributed by atoms with Crippen molar-refractivity contribution in [3.05, 3.63) is 17.0 Å². The Balaban J connectivity index is 1.86. The van der Waals surface area contributed by atoms with Crippen molar-refractivity contribution in [2.24, 2.45) is 0 Å². The largest absolute Gasteiger partial charge is 0.368 e. The van der Waals surface area contributed by atoms with Gasteiger partial charge in [0.15, 0.2) is 0 Å². The fourth-order valence-corrected chi connectivity index (χ4v) is 3.38.